The van der Waals surface area contributed by atoms with E-state index >= 15 is 0 Å². The van der Waals surface area contributed by atoms with Crippen LogP contribution in [0.1, 0.15) is 39.2 Å². The van der Waals surface area contributed by atoms with Gasteiger partial charge in [0.05, 0.1) is 0 Å². The molecular weight excluding hydrogens is 305 g/mol. The summed E-state index contributed by atoms with van der Waals surface area (Å²) in [5, 5.41) is 3.49. The Morgan fingerprint density at radius 1 is 1.26 bits per heavy atom. The van der Waals surface area contributed by atoms with Gasteiger partial charge in [-0.15, -0.1) is 0 Å². The third-order valence-electron chi connectivity index (χ3n) is 3.20. The van der Waals surface area contributed by atoms with Gasteiger partial charge in [-0.25, -0.2) is 4.39 Å². The molecule has 0 fully saturated rings. The smallest absolute Gasteiger partial charge is 0.126 e. The summed E-state index contributed by atoms with van der Waals surface area (Å²) in [6.07, 6.45) is 3.09. The number of nitrogens with one attached hydrogen (secondary N) is 1. The molecule has 1 nitrogen and oxygen atoms in total. The van der Waals surface area contributed by atoms with Crippen LogP contribution in [0.5, 0.6) is 0 Å². The maximum absolute atomic E-state index is 13.8. The predicted molar refractivity (Wildman–Crippen MR) is 83.9 cm³/mol. The van der Waals surface area contributed by atoms with E-state index in [1.807, 2.05) is 6.07 Å². The number of halogens is 2. The summed E-state index contributed by atoms with van der Waals surface area (Å²) in [6, 6.07) is 5.20. The molecule has 0 aliphatic heterocycles. The van der Waals surface area contributed by atoms with Gasteiger partial charge < -0.3 is 5.32 Å². The van der Waals surface area contributed by atoms with Crippen LogP contribution in [0, 0.1) is 17.7 Å². The maximum atomic E-state index is 13.8. The van der Waals surface area contributed by atoms with E-state index in [4.69, 9.17) is 0 Å². The molecule has 0 aliphatic carbocycles. The third-order valence-corrected chi connectivity index (χ3v) is 3.69. The zero-order chi connectivity index (χ0) is 14.3. The lowest BCUT2D eigenvalue weighted by atomic mass is 9.94. The highest BCUT2D eigenvalue weighted by molar-refractivity contribution is 9.10. The molecule has 1 N–H and O–H groups in total. The minimum atomic E-state index is -0.0897. The van der Waals surface area contributed by atoms with E-state index in [2.05, 4.69) is 42.0 Å². The average Bonchev–Trinajstić information content (AvgIpc) is 2.33. The van der Waals surface area contributed by atoms with Crippen LogP contribution in [0.2, 0.25) is 0 Å². The van der Waals surface area contributed by atoms with E-state index in [0.29, 0.717) is 11.8 Å². The summed E-state index contributed by atoms with van der Waals surface area (Å²) in [6.45, 7) is 8.59. The van der Waals surface area contributed by atoms with Gasteiger partial charge in [0.1, 0.15) is 5.82 Å². The van der Waals surface area contributed by atoms with Gasteiger partial charge >= 0.3 is 0 Å². The molecule has 19 heavy (non-hydrogen) atoms. The monoisotopic (exact) mass is 329 g/mol. The molecule has 0 radical (unpaired) electrons. The Morgan fingerprint density at radius 2 is 2.00 bits per heavy atom. The van der Waals surface area contributed by atoms with Crippen molar-refractivity contribution in [3.05, 3.63) is 34.1 Å². The number of hydrogen-bond acceptors (Lipinski definition) is 1. The molecular formula is C16H25BrFN. The summed E-state index contributed by atoms with van der Waals surface area (Å²) >= 11 is 3.41. The third kappa shape index (κ3) is 6.53. The highest BCUT2D eigenvalue weighted by atomic mass is 79.9. The summed E-state index contributed by atoms with van der Waals surface area (Å²) in [7, 11) is 0. The number of hydrogen-bond donors (Lipinski definition) is 1. The van der Waals surface area contributed by atoms with Gasteiger partial charge in [-0.1, -0.05) is 43.1 Å². The van der Waals surface area contributed by atoms with Gasteiger partial charge in [-0.3, -0.25) is 0 Å². The van der Waals surface area contributed by atoms with Crippen molar-refractivity contribution in [1.29, 1.82) is 0 Å². The second kappa shape index (κ2) is 8.70. The fourth-order valence-corrected chi connectivity index (χ4v) is 2.68. The van der Waals surface area contributed by atoms with Crippen molar-refractivity contribution in [2.24, 2.45) is 11.8 Å². The van der Waals surface area contributed by atoms with Gasteiger partial charge in [0.25, 0.3) is 0 Å². The van der Waals surface area contributed by atoms with Crippen LogP contribution in [0.4, 0.5) is 4.39 Å². The molecule has 3 heteroatoms. The van der Waals surface area contributed by atoms with E-state index in [0.717, 1.165) is 42.4 Å². The first-order chi connectivity index (χ1) is 9.02. The molecule has 0 saturated heterocycles. The predicted octanol–water partition coefficient (Wildman–Crippen LogP) is 4.79. The topological polar surface area (TPSA) is 12.0 Å². The summed E-state index contributed by atoms with van der Waals surface area (Å²) in [5.41, 5.74) is 0.819. The van der Waals surface area contributed by atoms with Crippen LogP contribution in [-0.2, 0) is 6.42 Å². The Bertz CT molecular complexity index is 379. The Labute approximate surface area is 125 Å². The van der Waals surface area contributed by atoms with Crippen LogP contribution >= 0.6 is 15.9 Å². The van der Waals surface area contributed by atoms with Gasteiger partial charge in [0.2, 0.25) is 0 Å². The second-order valence-corrected chi connectivity index (χ2v) is 6.56. The molecule has 0 spiro atoms. The first-order valence-electron chi connectivity index (χ1n) is 7.17. The summed E-state index contributed by atoms with van der Waals surface area (Å²) in [4.78, 5) is 0. The van der Waals surface area contributed by atoms with Crippen LogP contribution in [-0.4, -0.2) is 13.1 Å². The lowest BCUT2D eigenvalue weighted by molar-refractivity contribution is 0.415. The Balaban J connectivity index is 2.58. The first-order valence-corrected chi connectivity index (χ1v) is 7.96. The van der Waals surface area contributed by atoms with Gasteiger partial charge in [0, 0.05) is 4.47 Å². The Kier molecular flexibility index (Phi) is 7.62. The van der Waals surface area contributed by atoms with Crippen molar-refractivity contribution >= 4 is 15.9 Å². The lowest BCUT2D eigenvalue weighted by Gasteiger charge is -2.18. The highest BCUT2D eigenvalue weighted by Crippen LogP contribution is 2.20. The van der Waals surface area contributed by atoms with E-state index in [9.17, 15) is 4.39 Å². The average molecular weight is 330 g/mol. The van der Waals surface area contributed by atoms with E-state index in [1.54, 1.807) is 12.1 Å². The second-order valence-electron chi connectivity index (χ2n) is 5.65. The minimum absolute atomic E-state index is 0.0897. The molecule has 0 saturated carbocycles. The molecule has 1 rings (SSSR count). The van der Waals surface area contributed by atoms with Gasteiger partial charge in [-0.2, -0.15) is 0 Å². The molecule has 0 aliphatic rings. The highest BCUT2D eigenvalue weighted by Gasteiger charge is 2.12. The molecule has 0 aromatic heterocycles. The van der Waals surface area contributed by atoms with E-state index < -0.39 is 0 Å². The van der Waals surface area contributed by atoms with Gasteiger partial charge in [-0.05, 0) is 61.5 Å². The normalized spacial score (nSPS) is 12.9. The van der Waals surface area contributed by atoms with Crippen LogP contribution < -0.4 is 5.32 Å². The Hall–Kier alpha value is -0.410. The molecule has 0 amide bonds. The van der Waals surface area contributed by atoms with Crippen LogP contribution in [0.3, 0.4) is 0 Å². The molecule has 0 heterocycles. The number of rotatable bonds is 8. The fraction of sp³-hybridized carbons (Fsp3) is 0.625. The maximum Gasteiger partial charge on any atom is 0.126 e. The largest absolute Gasteiger partial charge is 0.316 e. The molecule has 0 bridgehead atoms. The van der Waals surface area contributed by atoms with Crippen molar-refractivity contribution < 1.29 is 4.39 Å². The quantitative estimate of drug-likeness (QED) is 0.722. The number of benzene rings is 1. The zero-order valence-corrected chi connectivity index (χ0v) is 13.8. The SMILES string of the molecule is CCCC(CNCC(C)C)Cc1cc(Br)ccc1F. The molecule has 108 valence electrons. The van der Waals surface area contributed by atoms with E-state index in [1.165, 1.54) is 0 Å². The van der Waals surface area contributed by atoms with Crippen molar-refractivity contribution in [3.8, 4) is 0 Å². The minimum Gasteiger partial charge on any atom is -0.316 e. The molecule has 1 aromatic rings. The fourth-order valence-electron chi connectivity index (χ4n) is 2.27. The van der Waals surface area contributed by atoms with Crippen LogP contribution in [0.15, 0.2) is 22.7 Å². The van der Waals surface area contributed by atoms with Gasteiger partial charge in [0.15, 0.2) is 0 Å². The van der Waals surface area contributed by atoms with Crippen molar-refractivity contribution in [3.63, 3.8) is 0 Å². The molecule has 1 atom stereocenters. The molecule has 1 unspecified atom stereocenters. The first kappa shape index (κ1) is 16.6. The molecule has 1 aromatic carbocycles. The standard InChI is InChI=1S/C16H25BrFN/c1-4-5-13(11-19-10-12(2)3)8-14-9-15(17)6-7-16(14)18/h6-7,9,12-13,19H,4-5,8,10-11H2,1-3H3. The van der Waals surface area contributed by atoms with Crippen molar-refractivity contribution in [2.75, 3.05) is 13.1 Å². The summed E-state index contributed by atoms with van der Waals surface area (Å²) in [5.74, 6) is 1.07. The zero-order valence-electron chi connectivity index (χ0n) is 12.2. The summed E-state index contributed by atoms with van der Waals surface area (Å²) < 4.78 is 14.7. The lowest BCUT2D eigenvalue weighted by Crippen LogP contribution is -2.27. The van der Waals surface area contributed by atoms with Crippen molar-refractivity contribution in [1.82, 2.24) is 5.32 Å². The van der Waals surface area contributed by atoms with E-state index in [-0.39, 0.29) is 5.82 Å². The Morgan fingerprint density at radius 3 is 2.63 bits per heavy atom. The van der Waals surface area contributed by atoms with Crippen molar-refractivity contribution in [2.45, 2.75) is 40.0 Å². The van der Waals surface area contributed by atoms with Crippen LogP contribution in [0.25, 0.3) is 0 Å².